The predicted octanol–water partition coefficient (Wildman–Crippen LogP) is 4.35. The normalized spacial score (nSPS) is 11.8. The average molecular weight is 353 g/mol. The number of benzene rings is 2. The summed E-state index contributed by atoms with van der Waals surface area (Å²) in [5.74, 6) is -0.745. The largest absolute Gasteiger partial charge is 0.461 e. The molecular formula is C16H14BrFO3. The van der Waals surface area contributed by atoms with Gasteiger partial charge in [-0.15, -0.1) is 0 Å². The number of halogens is 2. The Bertz CT molecular complexity index is 596. The van der Waals surface area contributed by atoms with Gasteiger partial charge < -0.3 is 9.47 Å². The van der Waals surface area contributed by atoms with Crippen molar-refractivity contribution in [2.45, 2.75) is 13.3 Å². The molecule has 1 unspecified atom stereocenters. The van der Waals surface area contributed by atoms with Crippen molar-refractivity contribution >= 4 is 21.9 Å². The fraction of sp³-hybridized carbons (Fsp3) is 0.188. The molecular weight excluding hydrogens is 339 g/mol. The first-order valence-electron chi connectivity index (χ1n) is 6.43. The Morgan fingerprint density at radius 1 is 1.10 bits per heavy atom. The Kier molecular flexibility index (Phi) is 5.33. The molecule has 21 heavy (non-hydrogen) atoms. The van der Waals surface area contributed by atoms with Gasteiger partial charge in [-0.3, -0.25) is 0 Å². The second kappa shape index (κ2) is 7.22. The third-order valence-electron chi connectivity index (χ3n) is 2.74. The third-order valence-corrected chi connectivity index (χ3v) is 3.27. The predicted molar refractivity (Wildman–Crippen MR) is 81.7 cm³/mol. The van der Waals surface area contributed by atoms with Crippen LogP contribution in [-0.4, -0.2) is 18.9 Å². The second-order valence-electron chi connectivity index (χ2n) is 4.22. The Hall–Kier alpha value is -1.88. The van der Waals surface area contributed by atoms with Gasteiger partial charge in [-0.1, -0.05) is 40.2 Å². The summed E-state index contributed by atoms with van der Waals surface area (Å²) >= 11 is 3.38. The van der Waals surface area contributed by atoms with Crippen LogP contribution in [0.4, 0.5) is 4.39 Å². The quantitative estimate of drug-likeness (QED) is 0.750. The highest BCUT2D eigenvalue weighted by Crippen LogP contribution is 2.24. The molecule has 0 spiro atoms. The Morgan fingerprint density at radius 2 is 1.62 bits per heavy atom. The van der Waals surface area contributed by atoms with E-state index in [0.29, 0.717) is 0 Å². The molecule has 0 amide bonds. The zero-order valence-electron chi connectivity index (χ0n) is 11.4. The number of hydrogen-bond acceptors (Lipinski definition) is 3. The maximum absolute atomic E-state index is 13.4. The molecule has 2 aromatic carbocycles. The van der Waals surface area contributed by atoms with Crippen LogP contribution < -0.4 is 4.74 Å². The monoisotopic (exact) mass is 352 g/mol. The molecule has 0 aliphatic heterocycles. The van der Waals surface area contributed by atoms with Crippen LogP contribution in [0, 0.1) is 0 Å². The molecule has 3 nitrogen and oxygen atoms in total. The van der Waals surface area contributed by atoms with Crippen molar-refractivity contribution in [3.05, 3.63) is 53.0 Å². The number of alkyl halides is 1. The van der Waals surface area contributed by atoms with Gasteiger partial charge in [0.05, 0.1) is 6.61 Å². The van der Waals surface area contributed by atoms with E-state index < -0.39 is 12.3 Å². The maximum Gasteiger partial charge on any atom is 0.381 e. The molecule has 0 aliphatic rings. The van der Waals surface area contributed by atoms with E-state index >= 15 is 0 Å². The molecule has 2 aromatic rings. The van der Waals surface area contributed by atoms with Gasteiger partial charge in [-0.05, 0) is 42.3 Å². The first-order chi connectivity index (χ1) is 10.1. The summed E-state index contributed by atoms with van der Waals surface area (Å²) in [6.07, 6.45) is -2.11. The molecule has 0 aromatic heterocycles. The van der Waals surface area contributed by atoms with Crippen molar-refractivity contribution in [2.75, 3.05) is 6.61 Å². The highest BCUT2D eigenvalue weighted by molar-refractivity contribution is 9.10. The fourth-order valence-corrected chi connectivity index (χ4v) is 2.01. The number of esters is 1. The summed E-state index contributed by atoms with van der Waals surface area (Å²) in [6.45, 7) is 1.72. The SMILES string of the molecule is CCOC(=O)C(F)Oc1ccc(-c2ccc(Br)cc2)cc1. The van der Waals surface area contributed by atoms with Crippen LogP contribution in [0.2, 0.25) is 0 Å². The van der Waals surface area contributed by atoms with E-state index in [9.17, 15) is 9.18 Å². The Balaban J connectivity index is 2.05. The summed E-state index contributed by atoms with van der Waals surface area (Å²) in [5.41, 5.74) is 2.01. The molecule has 0 aliphatic carbocycles. The van der Waals surface area contributed by atoms with Gasteiger partial charge in [0.2, 0.25) is 0 Å². The third kappa shape index (κ3) is 4.29. The molecule has 5 heteroatoms. The maximum atomic E-state index is 13.4. The van der Waals surface area contributed by atoms with Gasteiger partial charge in [0.1, 0.15) is 5.75 Å². The molecule has 0 saturated heterocycles. The van der Waals surface area contributed by atoms with E-state index in [1.165, 1.54) is 0 Å². The van der Waals surface area contributed by atoms with Crippen LogP contribution in [0.5, 0.6) is 5.75 Å². The first kappa shape index (κ1) is 15.5. The lowest BCUT2D eigenvalue weighted by Crippen LogP contribution is -2.24. The molecule has 0 heterocycles. The minimum Gasteiger partial charge on any atom is -0.461 e. The fourth-order valence-electron chi connectivity index (χ4n) is 1.74. The number of rotatable bonds is 5. The van der Waals surface area contributed by atoms with E-state index in [1.54, 1.807) is 31.2 Å². The van der Waals surface area contributed by atoms with Crippen LogP contribution in [-0.2, 0) is 9.53 Å². The van der Waals surface area contributed by atoms with Crippen LogP contribution in [0.3, 0.4) is 0 Å². The summed E-state index contributed by atoms with van der Waals surface area (Å²) in [4.78, 5) is 11.1. The Labute approximate surface area is 130 Å². The molecule has 1 atom stereocenters. The zero-order valence-corrected chi connectivity index (χ0v) is 13.0. The summed E-state index contributed by atoms with van der Waals surface area (Å²) in [5, 5.41) is 0. The molecule has 2 rings (SSSR count). The summed E-state index contributed by atoms with van der Waals surface area (Å²) in [6, 6.07) is 14.7. The van der Waals surface area contributed by atoms with Crippen molar-refractivity contribution in [3.8, 4) is 16.9 Å². The average Bonchev–Trinajstić information content (AvgIpc) is 2.49. The van der Waals surface area contributed by atoms with Crippen molar-refractivity contribution in [2.24, 2.45) is 0 Å². The van der Waals surface area contributed by atoms with Gasteiger partial charge in [0.15, 0.2) is 0 Å². The van der Waals surface area contributed by atoms with Crippen molar-refractivity contribution in [3.63, 3.8) is 0 Å². The van der Waals surface area contributed by atoms with E-state index in [0.717, 1.165) is 15.6 Å². The van der Waals surface area contributed by atoms with Gasteiger partial charge >= 0.3 is 12.3 Å². The molecule has 0 radical (unpaired) electrons. The van der Waals surface area contributed by atoms with E-state index in [1.807, 2.05) is 24.3 Å². The number of ether oxygens (including phenoxy) is 2. The van der Waals surface area contributed by atoms with Crippen molar-refractivity contribution in [1.82, 2.24) is 0 Å². The number of carbonyl (C=O) groups is 1. The lowest BCUT2D eigenvalue weighted by atomic mass is 10.1. The van der Waals surface area contributed by atoms with Crippen LogP contribution in [0.1, 0.15) is 6.92 Å². The lowest BCUT2D eigenvalue weighted by molar-refractivity contribution is -0.159. The van der Waals surface area contributed by atoms with E-state index in [-0.39, 0.29) is 12.4 Å². The highest BCUT2D eigenvalue weighted by atomic mass is 79.9. The van der Waals surface area contributed by atoms with Gasteiger partial charge in [-0.25, -0.2) is 4.79 Å². The van der Waals surface area contributed by atoms with Crippen LogP contribution >= 0.6 is 15.9 Å². The molecule has 0 fully saturated rings. The smallest absolute Gasteiger partial charge is 0.381 e. The Morgan fingerprint density at radius 3 is 2.14 bits per heavy atom. The molecule has 0 saturated carbocycles. The van der Waals surface area contributed by atoms with Crippen molar-refractivity contribution < 1.29 is 18.7 Å². The highest BCUT2D eigenvalue weighted by Gasteiger charge is 2.20. The van der Waals surface area contributed by atoms with Gasteiger partial charge in [0, 0.05) is 4.47 Å². The van der Waals surface area contributed by atoms with E-state index in [2.05, 4.69) is 20.7 Å². The second-order valence-corrected chi connectivity index (χ2v) is 5.13. The first-order valence-corrected chi connectivity index (χ1v) is 7.23. The van der Waals surface area contributed by atoms with Gasteiger partial charge in [0.25, 0.3) is 0 Å². The van der Waals surface area contributed by atoms with Gasteiger partial charge in [-0.2, -0.15) is 4.39 Å². The molecule has 0 N–H and O–H groups in total. The number of hydrogen-bond donors (Lipinski definition) is 0. The molecule has 0 bridgehead atoms. The van der Waals surface area contributed by atoms with E-state index in [4.69, 9.17) is 4.74 Å². The number of carbonyl (C=O) groups excluding carboxylic acids is 1. The van der Waals surface area contributed by atoms with Crippen molar-refractivity contribution in [1.29, 1.82) is 0 Å². The summed E-state index contributed by atoms with van der Waals surface area (Å²) < 4.78 is 23.9. The van der Waals surface area contributed by atoms with Crippen LogP contribution in [0.15, 0.2) is 53.0 Å². The zero-order chi connectivity index (χ0) is 15.2. The minimum atomic E-state index is -2.11. The summed E-state index contributed by atoms with van der Waals surface area (Å²) in [7, 11) is 0. The lowest BCUT2D eigenvalue weighted by Gasteiger charge is -2.10. The standard InChI is InChI=1S/C16H14BrFO3/c1-2-20-16(19)15(18)21-14-9-5-12(6-10-14)11-3-7-13(17)8-4-11/h3-10,15H,2H2,1H3. The minimum absolute atomic E-state index is 0.116. The molecule has 110 valence electrons. The topological polar surface area (TPSA) is 35.5 Å². The van der Waals surface area contributed by atoms with Crippen LogP contribution in [0.25, 0.3) is 11.1 Å².